The third kappa shape index (κ3) is 6.63. The molecular formula is C18H28Se. The molecule has 0 heterocycles. The van der Waals surface area contributed by atoms with Crippen LogP contribution in [0.15, 0.2) is 30.3 Å². The zero-order valence-corrected chi connectivity index (χ0v) is 13.9. The molecule has 0 bridgehead atoms. The Kier molecular flexibility index (Phi) is 7.66. The summed E-state index contributed by atoms with van der Waals surface area (Å²) in [6.07, 6.45) is 16.3. The van der Waals surface area contributed by atoms with Crippen LogP contribution in [0.25, 0.3) is 0 Å². The molecule has 1 saturated carbocycles. The molecule has 0 spiro atoms. The summed E-state index contributed by atoms with van der Waals surface area (Å²) in [5.74, 6) is 0. The SMILES string of the molecule is c1ccc([Se]C2CCCCCCCCCCC2)cc1. The van der Waals surface area contributed by atoms with Gasteiger partial charge in [-0.2, -0.15) is 0 Å². The molecule has 1 heteroatoms. The predicted octanol–water partition coefficient (Wildman–Crippen LogP) is 5.11. The van der Waals surface area contributed by atoms with E-state index >= 15 is 0 Å². The van der Waals surface area contributed by atoms with Gasteiger partial charge in [0.25, 0.3) is 0 Å². The molecule has 0 unspecified atom stereocenters. The van der Waals surface area contributed by atoms with E-state index in [1.54, 1.807) is 4.46 Å². The first-order valence-corrected chi connectivity index (χ1v) is 10.0. The van der Waals surface area contributed by atoms with E-state index in [4.69, 9.17) is 0 Å². The zero-order chi connectivity index (χ0) is 13.2. The van der Waals surface area contributed by atoms with Crippen molar-refractivity contribution in [3.63, 3.8) is 0 Å². The molecule has 0 nitrogen and oxygen atoms in total. The Morgan fingerprint density at radius 1 is 0.632 bits per heavy atom. The van der Waals surface area contributed by atoms with Crippen molar-refractivity contribution in [2.75, 3.05) is 0 Å². The van der Waals surface area contributed by atoms with Gasteiger partial charge in [0.1, 0.15) is 0 Å². The van der Waals surface area contributed by atoms with Gasteiger partial charge in [0, 0.05) is 0 Å². The van der Waals surface area contributed by atoms with Gasteiger partial charge in [-0.15, -0.1) is 0 Å². The summed E-state index contributed by atoms with van der Waals surface area (Å²) in [6, 6.07) is 11.2. The second-order valence-corrected chi connectivity index (χ2v) is 8.69. The van der Waals surface area contributed by atoms with Gasteiger partial charge in [0.05, 0.1) is 0 Å². The molecule has 1 aliphatic rings. The number of hydrogen-bond donors (Lipinski definition) is 0. The Labute approximate surface area is 125 Å². The molecule has 0 amide bonds. The Morgan fingerprint density at radius 3 is 1.63 bits per heavy atom. The van der Waals surface area contributed by atoms with Gasteiger partial charge >= 0.3 is 125 Å². The van der Waals surface area contributed by atoms with Crippen molar-refractivity contribution in [1.29, 1.82) is 0 Å². The van der Waals surface area contributed by atoms with Crippen molar-refractivity contribution >= 4 is 19.4 Å². The summed E-state index contributed by atoms with van der Waals surface area (Å²) < 4.78 is 1.60. The minimum absolute atomic E-state index is 0.700. The van der Waals surface area contributed by atoms with E-state index in [2.05, 4.69) is 30.3 Å². The van der Waals surface area contributed by atoms with Crippen molar-refractivity contribution in [2.45, 2.75) is 75.4 Å². The van der Waals surface area contributed by atoms with Gasteiger partial charge in [-0.3, -0.25) is 0 Å². The van der Waals surface area contributed by atoms with E-state index in [1.165, 1.54) is 70.6 Å². The molecule has 0 radical (unpaired) electrons. The first-order valence-electron chi connectivity index (χ1n) is 8.17. The number of benzene rings is 1. The summed E-state index contributed by atoms with van der Waals surface area (Å²) >= 11 is 0.700. The molecule has 1 aliphatic carbocycles. The molecule has 1 aromatic rings. The maximum atomic E-state index is 2.33. The van der Waals surface area contributed by atoms with E-state index in [9.17, 15) is 0 Å². The fourth-order valence-corrected chi connectivity index (χ4v) is 5.60. The van der Waals surface area contributed by atoms with Crippen LogP contribution in [0.2, 0.25) is 4.82 Å². The second kappa shape index (κ2) is 9.61. The predicted molar refractivity (Wildman–Crippen MR) is 86.4 cm³/mol. The number of hydrogen-bond acceptors (Lipinski definition) is 0. The molecule has 19 heavy (non-hydrogen) atoms. The summed E-state index contributed by atoms with van der Waals surface area (Å²) in [5.41, 5.74) is 0. The van der Waals surface area contributed by atoms with E-state index in [0.717, 1.165) is 4.82 Å². The van der Waals surface area contributed by atoms with Crippen molar-refractivity contribution in [3.05, 3.63) is 30.3 Å². The molecule has 0 N–H and O–H groups in total. The molecule has 1 fully saturated rings. The molecule has 0 saturated heterocycles. The maximum absolute atomic E-state index is 2.33. The van der Waals surface area contributed by atoms with E-state index in [0.29, 0.717) is 15.0 Å². The van der Waals surface area contributed by atoms with Gasteiger partial charge in [-0.05, 0) is 0 Å². The van der Waals surface area contributed by atoms with Gasteiger partial charge in [-0.25, -0.2) is 0 Å². The fraction of sp³-hybridized carbons (Fsp3) is 0.667. The molecule has 0 atom stereocenters. The van der Waals surface area contributed by atoms with E-state index in [1.807, 2.05) is 0 Å². The normalized spacial score (nSPS) is 20.4. The molecule has 2 rings (SSSR count). The van der Waals surface area contributed by atoms with E-state index < -0.39 is 0 Å². The summed E-state index contributed by atoms with van der Waals surface area (Å²) in [6.45, 7) is 0. The summed E-state index contributed by atoms with van der Waals surface area (Å²) in [4.78, 5) is 0.995. The topological polar surface area (TPSA) is 0 Å². The quantitative estimate of drug-likeness (QED) is 0.664. The average Bonchev–Trinajstić information content (AvgIpc) is 2.43. The first kappa shape index (κ1) is 15.1. The van der Waals surface area contributed by atoms with Crippen LogP contribution in [0.1, 0.15) is 70.6 Å². The minimum atomic E-state index is 0.700. The van der Waals surface area contributed by atoms with Crippen LogP contribution in [0.3, 0.4) is 0 Å². The monoisotopic (exact) mass is 324 g/mol. The third-order valence-corrected chi connectivity index (χ3v) is 6.93. The van der Waals surface area contributed by atoms with Gasteiger partial charge in [0.15, 0.2) is 0 Å². The summed E-state index contributed by atoms with van der Waals surface area (Å²) in [7, 11) is 0. The molecule has 1 aromatic carbocycles. The van der Waals surface area contributed by atoms with Crippen LogP contribution in [-0.4, -0.2) is 15.0 Å². The van der Waals surface area contributed by atoms with Gasteiger partial charge in [-0.1, -0.05) is 0 Å². The standard InChI is InChI=1S/C18H28Se/c1-2-4-6-9-13-17(14-10-7-5-3-1)19-18-15-11-8-12-16-18/h8,11-12,15-17H,1-7,9-10,13-14H2. The van der Waals surface area contributed by atoms with E-state index in [-0.39, 0.29) is 0 Å². The second-order valence-electron chi connectivity index (χ2n) is 5.81. The first-order chi connectivity index (χ1) is 9.45. The van der Waals surface area contributed by atoms with Crippen LogP contribution < -0.4 is 4.46 Å². The van der Waals surface area contributed by atoms with Crippen LogP contribution in [-0.2, 0) is 0 Å². The molecule has 106 valence electrons. The fourth-order valence-electron chi connectivity index (χ4n) is 2.94. The summed E-state index contributed by atoms with van der Waals surface area (Å²) in [5, 5.41) is 0. The van der Waals surface area contributed by atoms with Crippen LogP contribution >= 0.6 is 0 Å². The van der Waals surface area contributed by atoms with Gasteiger partial charge in [0.2, 0.25) is 0 Å². The van der Waals surface area contributed by atoms with Crippen molar-refractivity contribution in [3.8, 4) is 0 Å². The third-order valence-electron chi connectivity index (χ3n) is 4.10. The van der Waals surface area contributed by atoms with Gasteiger partial charge < -0.3 is 0 Å². The molecule has 0 aliphatic heterocycles. The zero-order valence-electron chi connectivity index (χ0n) is 12.2. The van der Waals surface area contributed by atoms with Crippen molar-refractivity contribution in [1.82, 2.24) is 0 Å². The Balaban J connectivity index is 1.81. The Bertz CT molecular complexity index is 308. The Hall–Kier alpha value is -0.261. The van der Waals surface area contributed by atoms with Crippen LogP contribution in [0.4, 0.5) is 0 Å². The Morgan fingerprint density at radius 2 is 1.11 bits per heavy atom. The van der Waals surface area contributed by atoms with Crippen molar-refractivity contribution < 1.29 is 0 Å². The van der Waals surface area contributed by atoms with Crippen LogP contribution in [0, 0.1) is 0 Å². The molecule has 0 aromatic heterocycles. The number of rotatable bonds is 2. The van der Waals surface area contributed by atoms with Crippen LogP contribution in [0.5, 0.6) is 0 Å². The molecular weight excluding hydrogens is 295 g/mol. The average molecular weight is 323 g/mol. The van der Waals surface area contributed by atoms with Crippen molar-refractivity contribution in [2.24, 2.45) is 0 Å².